The van der Waals surface area contributed by atoms with Gasteiger partial charge in [-0.1, -0.05) is 6.07 Å². The van der Waals surface area contributed by atoms with Crippen molar-refractivity contribution in [1.82, 2.24) is 0 Å². The molecule has 2 rings (SSSR count). The molecule has 2 aromatic carbocycles. The number of nitrogens with one attached hydrogen (secondary N) is 2. The van der Waals surface area contributed by atoms with Crippen LogP contribution in [0.15, 0.2) is 42.5 Å². The molecule has 0 aliphatic carbocycles. The Hall–Kier alpha value is -3.15. The molecule has 2 aromatic rings. The van der Waals surface area contributed by atoms with Crippen LogP contribution in [-0.2, 0) is 4.79 Å². The van der Waals surface area contributed by atoms with Crippen LogP contribution in [0.4, 0.5) is 11.4 Å². The van der Waals surface area contributed by atoms with Crippen molar-refractivity contribution in [2.45, 2.75) is 13.8 Å². The molecule has 0 radical (unpaired) electrons. The molecule has 0 aliphatic heterocycles. The zero-order chi connectivity index (χ0) is 17.0. The minimum atomic E-state index is -1.04. The van der Waals surface area contributed by atoms with E-state index in [1.165, 1.54) is 13.0 Å². The summed E-state index contributed by atoms with van der Waals surface area (Å²) in [7, 11) is 0. The molecule has 0 spiro atoms. The second kappa shape index (κ2) is 6.74. The minimum Gasteiger partial charge on any atom is -0.478 e. The molecule has 0 saturated carbocycles. The van der Waals surface area contributed by atoms with E-state index in [0.29, 0.717) is 22.5 Å². The van der Waals surface area contributed by atoms with Crippen molar-refractivity contribution in [1.29, 1.82) is 0 Å². The number of carboxylic acids is 1. The summed E-state index contributed by atoms with van der Waals surface area (Å²) in [5.41, 5.74) is 2.07. The fourth-order valence-corrected chi connectivity index (χ4v) is 2.11. The lowest BCUT2D eigenvalue weighted by Gasteiger charge is -2.11. The van der Waals surface area contributed by atoms with Crippen LogP contribution < -0.4 is 10.6 Å². The lowest BCUT2D eigenvalue weighted by Crippen LogP contribution is -2.14. The minimum absolute atomic E-state index is 0.142. The fourth-order valence-electron chi connectivity index (χ4n) is 2.11. The summed E-state index contributed by atoms with van der Waals surface area (Å²) < 4.78 is 0. The summed E-state index contributed by atoms with van der Waals surface area (Å²) in [5, 5.41) is 14.4. The van der Waals surface area contributed by atoms with Gasteiger partial charge in [-0.2, -0.15) is 0 Å². The molecule has 0 saturated heterocycles. The topological polar surface area (TPSA) is 95.5 Å². The van der Waals surface area contributed by atoms with Crippen LogP contribution in [0, 0.1) is 6.92 Å². The maximum Gasteiger partial charge on any atom is 0.336 e. The van der Waals surface area contributed by atoms with Crippen molar-refractivity contribution >= 4 is 29.2 Å². The summed E-state index contributed by atoms with van der Waals surface area (Å²) >= 11 is 0. The fraction of sp³-hybridized carbons (Fsp3) is 0.118. The number of hydrogen-bond donors (Lipinski definition) is 3. The number of anilines is 2. The van der Waals surface area contributed by atoms with Gasteiger partial charge in [0, 0.05) is 23.9 Å². The van der Waals surface area contributed by atoms with E-state index in [1.54, 1.807) is 43.3 Å². The molecule has 6 heteroatoms. The van der Waals surface area contributed by atoms with E-state index in [1.807, 2.05) is 0 Å². The number of carbonyl (C=O) groups excluding carboxylic acids is 2. The number of carboxylic acid groups (broad SMARTS) is 1. The Morgan fingerprint density at radius 3 is 2.17 bits per heavy atom. The molecule has 6 nitrogen and oxygen atoms in total. The maximum absolute atomic E-state index is 12.2. The monoisotopic (exact) mass is 312 g/mol. The number of rotatable bonds is 4. The molecule has 0 bridgehead atoms. The van der Waals surface area contributed by atoms with E-state index in [4.69, 9.17) is 5.11 Å². The van der Waals surface area contributed by atoms with E-state index in [-0.39, 0.29) is 17.4 Å². The molecule has 0 aliphatic rings. The Balaban J connectivity index is 2.18. The van der Waals surface area contributed by atoms with E-state index >= 15 is 0 Å². The Morgan fingerprint density at radius 1 is 0.957 bits per heavy atom. The summed E-state index contributed by atoms with van der Waals surface area (Å²) in [4.78, 5) is 34.3. The van der Waals surface area contributed by atoms with Crippen LogP contribution in [0.5, 0.6) is 0 Å². The van der Waals surface area contributed by atoms with Crippen LogP contribution in [0.25, 0.3) is 0 Å². The number of benzene rings is 2. The third-order valence-corrected chi connectivity index (χ3v) is 3.28. The normalized spacial score (nSPS) is 10.0. The number of aromatic carboxylic acids is 1. The van der Waals surface area contributed by atoms with E-state index in [0.717, 1.165) is 0 Å². The second-order valence-electron chi connectivity index (χ2n) is 5.00. The highest BCUT2D eigenvalue weighted by atomic mass is 16.4. The first kappa shape index (κ1) is 16.2. The molecular formula is C17H16N2O4. The SMILES string of the molecule is CC(=O)Nc1ccc(C(=O)Nc2cccc(C(=O)O)c2C)cc1. The van der Waals surface area contributed by atoms with Crippen molar-refractivity contribution in [3.63, 3.8) is 0 Å². The average molecular weight is 312 g/mol. The van der Waals surface area contributed by atoms with Gasteiger partial charge in [-0.15, -0.1) is 0 Å². The third-order valence-electron chi connectivity index (χ3n) is 3.28. The first-order valence-electron chi connectivity index (χ1n) is 6.90. The molecule has 0 atom stereocenters. The molecule has 3 N–H and O–H groups in total. The van der Waals surface area contributed by atoms with Crippen molar-refractivity contribution in [3.8, 4) is 0 Å². The van der Waals surface area contributed by atoms with Crippen LogP contribution in [0.2, 0.25) is 0 Å². The Kier molecular flexibility index (Phi) is 4.75. The van der Waals surface area contributed by atoms with E-state index in [2.05, 4.69) is 10.6 Å². The predicted octanol–water partition coefficient (Wildman–Crippen LogP) is 2.90. The molecular weight excluding hydrogens is 296 g/mol. The van der Waals surface area contributed by atoms with E-state index in [9.17, 15) is 14.4 Å². The number of hydrogen-bond acceptors (Lipinski definition) is 3. The van der Waals surface area contributed by atoms with Crippen molar-refractivity contribution in [2.24, 2.45) is 0 Å². The zero-order valence-corrected chi connectivity index (χ0v) is 12.7. The average Bonchev–Trinajstić information content (AvgIpc) is 2.49. The summed E-state index contributed by atoms with van der Waals surface area (Å²) in [6, 6.07) is 11.1. The molecule has 2 amide bonds. The molecule has 0 fully saturated rings. The highest BCUT2D eigenvalue weighted by Crippen LogP contribution is 2.20. The third kappa shape index (κ3) is 3.94. The van der Waals surface area contributed by atoms with Gasteiger partial charge >= 0.3 is 5.97 Å². The first-order chi connectivity index (χ1) is 10.9. The van der Waals surface area contributed by atoms with Gasteiger partial charge in [-0.05, 0) is 48.9 Å². The highest BCUT2D eigenvalue weighted by molar-refractivity contribution is 6.05. The number of amides is 2. The summed E-state index contributed by atoms with van der Waals surface area (Å²) in [6.45, 7) is 3.04. The van der Waals surface area contributed by atoms with Gasteiger partial charge in [0.15, 0.2) is 0 Å². The zero-order valence-electron chi connectivity index (χ0n) is 12.7. The highest BCUT2D eigenvalue weighted by Gasteiger charge is 2.13. The predicted molar refractivity (Wildman–Crippen MR) is 86.8 cm³/mol. The van der Waals surface area contributed by atoms with Gasteiger partial charge in [0.2, 0.25) is 5.91 Å². The van der Waals surface area contributed by atoms with Crippen LogP contribution in [0.3, 0.4) is 0 Å². The lowest BCUT2D eigenvalue weighted by molar-refractivity contribution is -0.114. The lowest BCUT2D eigenvalue weighted by atomic mass is 10.1. The summed E-state index contributed by atoms with van der Waals surface area (Å²) in [6.07, 6.45) is 0. The quantitative estimate of drug-likeness (QED) is 0.809. The molecule has 0 heterocycles. The van der Waals surface area contributed by atoms with E-state index < -0.39 is 5.97 Å². The standard InChI is InChI=1S/C17H16N2O4/c1-10-14(17(22)23)4-3-5-15(10)19-16(21)12-6-8-13(9-7-12)18-11(2)20/h3-9H,1-2H3,(H,18,20)(H,19,21)(H,22,23). The molecule has 23 heavy (non-hydrogen) atoms. The second-order valence-corrected chi connectivity index (χ2v) is 5.00. The smallest absolute Gasteiger partial charge is 0.336 e. The van der Waals surface area contributed by atoms with Crippen molar-refractivity contribution < 1.29 is 19.5 Å². The maximum atomic E-state index is 12.2. The molecule has 0 aromatic heterocycles. The van der Waals surface area contributed by atoms with Gasteiger partial charge in [0.25, 0.3) is 5.91 Å². The van der Waals surface area contributed by atoms with Crippen molar-refractivity contribution in [2.75, 3.05) is 10.6 Å². The number of carbonyl (C=O) groups is 3. The van der Waals surface area contributed by atoms with Crippen LogP contribution >= 0.6 is 0 Å². The molecule has 118 valence electrons. The van der Waals surface area contributed by atoms with Gasteiger partial charge in [0.1, 0.15) is 0 Å². The van der Waals surface area contributed by atoms with Crippen LogP contribution in [0.1, 0.15) is 33.2 Å². The van der Waals surface area contributed by atoms with Gasteiger partial charge in [-0.3, -0.25) is 9.59 Å². The Bertz CT molecular complexity index is 767. The van der Waals surface area contributed by atoms with Crippen LogP contribution in [-0.4, -0.2) is 22.9 Å². The van der Waals surface area contributed by atoms with Gasteiger partial charge in [-0.25, -0.2) is 4.79 Å². The van der Waals surface area contributed by atoms with Crippen molar-refractivity contribution in [3.05, 3.63) is 59.2 Å². The Morgan fingerprint density at radius 2 is 1.61 bits per heavy atom. The summed E-state index contributed by atoms with van der Waals surface area (Å²) in [5.74, 6) is -1.59. The largest absolute Gasteiger partial charge is 0.478 e. The molecule has 0 unspecified atom stereocenters. The first-order valence-corrected chi connectivity index (χ1v) is 6.90. The van der Waals surface area contributed by atoms with Gasteiger partial charge in [0.05, 0.1) is 5.56 Å². The van der Waals surface area contributed by atoms with Gasteiger partial charge < -0.3 is 15.7 Å². The Labute approximate surface area is 133 Å².